The summed E-state index contributed by atoms with van der Waals surface area (Å²) in [5, 5.41) is 10.9. The lowest BCUT2D eigenvalue weighted by molar-refractivity contribution is -0.119. The Bertz CT molecular complexity index is 413. The summed E-state index contributed by atoms with van der Waals surface area (Å²) < 4.78 is 0. The summed E-state index contributed by atoms with van der Waals surface area (Å²) in [4.78, 5) is 11.1. The highest BCUT2D eigenvalue weighted by Gasteiger charge is 1.99. The topological polar surface area (TPSA) is 52.9 Å². The lowest BCUT2D eigenvalue weighted by atomic mass is 10.1. The molecular weight excluding hydrogens is 200 g/mol. The molecule has 0 aromatic heterocycles. The molecule has 3 nitrogen and oxygen atoms in total. The van der Waals surface area contributed by atoms with E-state index in [-0.39, 0.29) is 5.91 Å². The zero-order valence-electron chi connectivity index (χ0n) is 9.23. The van der Waals surface area contributed by atoms with E-state index < -0.39 is 0 Å². The first-order valence-corrected chi connectivity index (χ1v) is 5.09. The maximum absolute atomic E-state index is 11.1. The fourth-order valence-electron chi connectivity index (χ4n) is 1.27. The largest absolute Gasteiger partial charge is 0.359 e. The van der Waals surface area contributed by atoms with Crippen molar-refractivity contribution in [2.24, 2.45) is 0 Å². The van der Waals surface area contributed by atoms with Crippen LogP contribution in [0.15, 0.2) is 30.3 Å². The number of hydrogen-bond acceptors (Lipinski definition) is 2. The Morgan fingerprint density at radius 2 is 2.12 bits per heavy atom. The van der Waals surface area contributed by atoms with Gasteiger partial charge in [0.05, 0.1) is 18.9 Å². The van der Waals surface area contributed by atoms with Gasteiger partial charge in [0.2, 0.25) is 5.91 Å². The first-order valence-electron chi connectivity index (χ1n) is 5.09. The monoisotopic (exact) mass is 214 g/mol. The first-order chi connectivity index (χ1) is 7.76. The molecule has 1 aromatic rings. The van der Waals surface area contributed by atoms with Gasteiger partial charge in [-0.25, -0.2) is 0 Å². The van der Waals surface area contributed by atoms with E-state index in [1.54, 1.807) is 7.05 Å². The Kier molecular flexibility index (Phi) is 4.81. The van der Waals surface area contributed by atoms with Gasteiger partial charge in [0.15, 0.2) is 0 Å². The predicted molar refractivity (Wildman–Crippen MR) is 63.5 cm³/mol. The zero-order chi connectivity index (χ0) is 11.8. The summed E-state index contributed by atoms with van der Waals surface area (Å²) in [5.41, 5.74) is 2.02. The van der Waals surface area contributed by atoms with Crippen molar-refractivity contribution in [2.75, 3.05) is 7.05 Å². The van der Waals surface area contributed by atoms with Crippen LogP contribution in [0.5, 0.6) is 0 Å². The van der Waals surface area contributed by atoms with Gasteiger partial charge < -0.3 is 5.32 Å². The Hall–Kier alpha value is -2.08. The number of nitriles is 1. The summed E-state index contributed by atoms with van der Waals surface area (Å²) in [6.45, 7) is 0. The highest BCUT2D eigenvalue weighted by molar-refractivity contribution is 5.78. The number of likely N-dealkylation sites (N-methyl/N-ethyl adjacent to an activating group) is 1. The molecule has 0 aliphatic heterocycles. The minimum absolute atomic E-state index is 0.00720. The van der Waals surface area contributed by atoms with Crippen LogP contribution in [-0.2, 0) is 11.2 Å². The van der Waals surface area contributed by atoms with Crippen LogP contribution in [-0.4, -0.2) is 13.0 Å². The van der Waals surface area contributed by atoms with Crippen molar-refractivity contribution in [3.05, 3.63) is 41.5 Å². The van der Waals surface area contributed by atoms with Crippen LogP contribution in [0, 0.1) is 11.3 Å². The number of nitrogens with one attached hydrogen (secondary N) is 1. The molecule has 1 rings (SSSR count). The molecule has 82 valence electrons. The molecule has 0 atom stereocenters. The minimum atomic E-state index is 0.00720. The number of rotatable bonds is 4. The van der Waals surface area contributed by atoms with Gasteiger partial charge in [-0.2, -0.15) is 5.26 Å². The van der Waals surface area contributed by atoms with E-state index in [4.69, 9.17) is 5.26 Å². The molecule has 3 heteroatoms. The van der Waals surface area contributed by atoms with Gasteiger partial charge in [-0.3, -0.25) is 4.79 Å². The van der Waals surface area contributed by atoms with Gasteiger partial charge >= 0.3 is 0 Å². The summed E-state index contributed by atoms with van der Waals surface area (Å²) in [7, 11) is 1.63. The maximum atomic E-state index is 11.1. The van der Waals surface area contributed by atoms with Crippen LogP contribution < -0.4 is 5.32 Å². The molecule has 0 spiro atoms. The standard InChI is InChI=1S/C13H14N2O/c1-15-13(16)10-12-7-5-11(6-8-12)4-2-3-9-14/h2,4-8H,3,10H2,1H3,(H,15,16). The van der Waals surface area contributed by atoms with Crippen LogP contribution in [0.25, 0.3) is 6.08 Å². The number of amides is 1. The number of nitrogens with zero attached hydrogens (tertiary/aromatic N) is 1. The summed E-state index contributed by atoms with van der Waals surface area (Å²) in [5.74, 6) is 0.00720. The predicted octanol–water partition coefficient (Wildman–Crippen LogP) is 1.90. The average molecular weight is 214 g/mol. The van der Waals surface area contributed by atoms with E-state index >= 15 is 0 Å². The van der Waals surface area contributed by atoms with Crippen LogP contribution in [0.4, 0.5) is 0 Å². The van der Waals surface area contributed by atoms with Crippen molar-refractivity contribution in [3.63, 3.8) is 0 Å². The van der Waals surface area contributed by atoms with Crippen LogP contribution in [0.1, 0.15) is 17.5 Å². The lowest BCUT2D eigenvalue weighted by Crippen LogP contribution is -2.19. The molecule has 1 N–H and O–H groups in total. The number of benzene rings is 1. The number of allylic oxidation sites excluding steroid dienone is 1. The highest BCUT2D eigenvalue weighted by atomic mass is 16.1. The third-order valence-electron chi connectivity index (χ3n) is 2.14. The van der Waals surface area contributed by atoms with E-state index in [0.717, 1.165) is 11.1 Å². The molecule has 1 aromatic carbocycles. The van der Waals surface area contributed by atoms with E-state index in [1.807, 2.05) is 42.5 Å². The number of carbonyl (C=O) groups is 1. The Balaban J connectivity index is 2.61. The summed E-state index contributed by atoms with van der Waals surface area (Å²) in [6.07, 6.45) is 4.53. The van der Waals surface area contributed by atoms with Crippen molar-refractivity contribution in [3.8, 4) is 6.07 Å². The molecule has 0 radical (unpaired) electrons. The molecular formula is C13H14N2O. The normalized spacial score (nSPS) is 10.0. The molecule has 0 saturated carbocycles. The molecule has 16 heavy (non-hydrogen) atoms. The molecule has 0 aliphatic carbocycles. The molecule has 0 heterocycles. The Morgan fingerprint density at radius 1 is 1.44 bits per heavy atom. The van der Waals surface area contributed by atoms with Gasteiger partial charge in [-0.05, 0) is 11.1 Å². The van der Waals surface area contributed by atoms with Crippen molar-refractivity contribution >= 4 is 12.0 Å². The van der Waals surface area contributed by atoms with E-state index in [2.05, 4.69) is 5.32 Å². The van der Waals surface area contributed by atoms with E-state index in [9.17, 15) is 4.79 Å². The van der Waals surface area contributed by atoms with E-state index in [0.29, 0.717) is 12.8 Å². The number of carbonyl (C=O) groups excluding carboxylic acids is 1. The SMILES string of the molecule is CNC(=O)Cc1ccc(C=CCC#N)cc1. The van der Waals surface area contributed by atoms with Gasteiger partial charge in [0.1, 0.15) is 0 Å². The van der Waals surface area contributed by atoms with Gasteiger partial charge in [-0.1, -0.05) is 36.4 Å². The smallest absolute Gasteiger partial charge is 0.224 e. The molecule has 0 fully saturated rings. The minimum Gasteiger partial charge on any atom is -0.359 e. The van der Waals surface area contributed by atoms with E-state index in [1.165, 1.54) is 0 Å². The van der Waals surface area contributed by atoms with Crippen molar-refractivity contribution in [1.82, 2.24) is 5.32 Å². The highest BCUT2D eigenvalue weighted by Crippen LogP contribution is 2.07. The summed E-state index contributed by atoms with van der Waals surface area (Å²) in [6, 6.07) is 9.75. The quantitative estimate of drug-likeness (QED) is 0.832. The fraction of sp³-hybridized carbons (Fsp3) is 0.231. The van der Waals surface area contributed by atoms with Crippen LogP contribution in [0.2, 0.25) is 0 Å². The Labute approximate surface area is 95.4 Å². The van der Waals surface area contributed by atoms with Crippen molar-refractivity contribution in [1.29, 1.82) is 5.26 Å². The average Bonchev–Trinajstić information content (AvgIpc) is 2.31. The summed E-state index contributed by atoms with van der Waals surface area (Å²) >= 11 is 0. The maximum Gasteiger partial charge on any atom is 0.224 e. The second kappa shape index (κ2) is 6.41. The van der Waals surface area contributed by atoms with Gasteiger partial charge in [0.25, 0.3) is 0 Å². The van der Waals surface area contributed by atoms with Crippen LogP contribution in [0.3, 0.4) is 0 Å². The molecule has 0 bridgehead atoms. The second-order valence-electron chi connectivity index (χ2n) is 3.36. The fourth-order valence-corrected chi connectivity index (χ4v) is 1.27. The molecule has 1 amide bonds. The Morgan fingerprint density at radius 3 is 2.69 bits per heavy atom. The van der Waals surface area contributed by atoms with Crippen LogP contribution >= 0.6 is 0 Å². The third kappa shape index (κ3) is 3.97. The van der Waals surface area contributed by atoms with Gasteiger partial charge in [0, 0.05) is 7.05 Å². The molecule has 0 unspecified atom stereocenters. The van der Waals surface area contributed by atoms with Crippen molar-refractivity contribution in [2.45, 2.75) is 12.8 Å². The number of hydrogen-bond donors (Lipinski definition) is 1. The third-order valence-corrected chi connectivity index (χ3v) is 2.14. The molecule has 0 saturated heterocycles. The zero-order valence-corrected chi connectivity index (χ0v) is 9.23. The lowest BCUT2D eigenvalue weighted by Gasteiger charge is -2.00. The van der Waals surface area contributed by atoms with Crippen molar-refractivity contribution < 1.29 is 4.79 Å². The first kappa shape index (κ1) is 12.0. The van der Waals surface area contributed by atoms with Gasteiger partial charge in [-0.15, -0.1) is 0 Å². The second-order valence-corrected chi connectivity index (χ2v) is 3.36. The molecule has 0 aliphatic rings.